The Labute approximate surface area is 140 Å². The zero-order chi connectivity index (χ0) is 15.6. The first-order valence-electron chi connectivity index (χ1n) is 8.65. The molecular formula is C18H23N3OS. The van der Waals surface area contributed by atoms with E-state index in [0.29, 0.717) is 5.92 Å². The van der Waals surface area contributed by atoms with E-state index in [0.717, 1.165) is 43.1 Å². The van der Waals surface area contributed by atoms with Crippen LogP contribution in [-0.4, -0.2) is 21.4 Å². The average molecular weight is 329 g/mol. The molecule has 3 heterocycles. The van der Waals surface area contributed by atoms with E-state index < -0.39 is 0 Å². The maximum absolute atomic E-state index is 12.6. The summed E-state index contributed by atoms with van der Waals surface area (Å²) in [6, 6.07) is 2.16. The molecule has 2 aromatic heterocycles. The predicted molar refractivity (Wildman–Crippen MR) is 92.8 cm³/mol. The predicted octanol–water partition coefficient (Wildman–Crippen LogP) is 3.44. The summed E-state index contributed by atoms with van der Waals surface area (Å²) >= 11 is 1.73. The smallest absolute Gasteiger partial charge is 0.255 e. The Bertz CT molecular complexity index is 716. The highest BCUT2D eigenvalue weighted by Crippen LogP contribution is 2.30. The van der Waals surface area contributed by atoms with Gasteiger partial charge in [0.25, 0.3) is 5.56 Å². The van der Waals surface area contributed by atoms with Crippen molar-refractivity contribution >= 4 is 11.3 Å². The van der Waals surface area contributed by atoms with Gasteiger partial charge in [-0.3, -0.25) is 9.69 Å². The molecule has 1 saturated carbocycles. The number of hydrogen-bond donors (Lipinski definition) is 1. The van der Waals surface area contributed by atoms with Crippen molar-refractivity contribution in [1.29, 1.82) is 0 Å². The highest BCUT2D eigenvalue weighted by atomic mass is 32.1. The summed E-state index contributed by atoms with van der Waals surface area (Å²) in [5.74, 6) is 1.41. The number of fused-ring (bicyclic) bond motifs is 1. The number of aromatic amines is 1. The third-order valence-electron chi connectivity index (χ3n) is 5.14. The van der Waals surface area contributed by atoms with E-state index in [4.69, 9.17) is 4.98 Å². The van der Waals surface area contributed by atoms with Crippen LogP contribution in [0.1, 0.15) is 60.7 Å². The quantitative estimate of drug-likeness (QED) is 0.938. The Morgan fingerprint density at radius 1 is 1.30 bits per heavy atom. The van der Waals surface area contributed by atoms with Crippen molar-refractivity contribution in [2.75, 3.05) is 6.54 Å². The van der Waals surface area contributed by atoms with Crippen molar-refractivity contribution in [3.8, 4) is 0 Å². The van der Waals surface area contributed by atoms with Gasteiger partial charge in [0.2, 0.25) is 0 Å². The van der Waals surface area contributed by atoms with Crippen LogP contribution in [0, 0.1) is 0 Å². The van der Waals surface area contributed by atoms with Gasteiger partial charge in [-0.2, -0.15) is 11.3 Å². The van der Waals surface area contributed by atoms with Crippen LogP contribution in [0.2, 0.25) is 0 Å². The number of thiophene rings is 1. The van der Waals surface area contributed by atoms with Gasteiger partial charge in [0, 0.05) is 32.0 Å². The molecule has 2 aliphatic rings. The molecule has 122 valence electrons. The molecule has 0 saturated heterocycles. The van der Waals surface area contributed by atoms with E-state index in [1.54, 1.807) is 11.3 Å². The zero-order valence-corrected chi connectivity index (χ0v) is 14.2. The third kappa shape index (κ3) is 3.26. The van der Waals surface area contributed by atoms with Gasteiger partial charge in [-0.1, -0.05) is 19.3 Å². The Hall–Kier alpha value is -1.46. The molecule has 1 aliphatic carbocycles. The van der Waals surface area contributed by atoms with Gasteiger partial charge in [-0.25, -0.2) is 4.98 Å². The number of rotatable bonds is 3. The van der Waals surface area contributed by atoms with Gasteiger partial charge in [-0.15, -0.1) is 0 Å². The largest absolute Gasteiger partial charge is 0.310 e. The van der Waals surface area contributed by atoms with Crippen molar-refractivity contribution in [3.63, 3.8) is 0 Å². The topological polar surface area (TPSA) is 49.0 Å². The van der Waals surface area contributed by atoms with Gasteiger partial charge < -0.3 is 4.98 Å². The minimum atomic E-state index is 0.0885. The molecule has 0 bridgehead atoms. The van der Waals surface area contributed by atoms with Crippen molar-refractivity contribution in [3.05, 3.63) is 49.8 Å². The van der Waals surface area contributed by atoms with Crippen LogP contribution in [-0.2, 0) is 19.5 Å². The molecular weight excluding hydrogens is 306 g/mol. The summed E-state index contributed by atoms with van der Waals surface area (Å²) in [6.07, 6.45) is 7.09. The maximum Gasteiger partial charge on any atom is 0.255 e. The lowest BCUT2D eigenvalue weighted by Crippen LogP contribution is -2.36. The normalized spacial score (nSPS) is 19.7. The SMILES string of the molecule is O=c1[nH]c(C2CCCCC2)nc2c1CN(Cc1ccsc1)CC2. The molecule has 5 heteroatoms. The van der Waals surface area contributed by atoms with Crippen LogP contribution in [0.3, 0.4) is 0 Å². The molecule has 1 fully saturated rings. The summed E-state index contributed by atoms with van der Waals surface area (Å²) < 4.78 is 0. The van der Waals surface area contributed by atoms with Crippen LogP contribution in [0.4, 0.5) is 0 Å². The van der Waals surface area contributed by atoms with Crippen molar-refractivity contribution in [2.45, 2.75) is 57.5 Å². The van der Waals surface area contributed by atoms with E-state index >= 15 is 0 Å². The molecule has 2 aromatic rings. The van der Waals surface area contributed by atoms with Crippen molar-refractivity contribution in [2.24, 2.45) is 0 Å². The second-order valence-corrected chi connectivity index (χ2v) is 7.58. The first kappa shape index (κ1) is 15.1. The molecule has 0 aromatic carbocycles. The number of hydrogen-bond acceptors (Lipinski definition) is 4. The van der Waals surface area contributed by atoms with E-state index in [2.05, 4.69) is 26.7 Å². The van der Waals surface area contributed by atoms with Crippen LogP contribution in [0.5, 0.6) is 0 Å². The minimum Gasteiger partial charge on any atom is -0.310 e. The minimum absolute atomic E-state index is 0.0885. The maximum atomic E-state index is 12.6. The lowest BCUT2D eigenvalue weighted by Gasteiger charge is -2.28. The standard InChI is InChI=1S/C18H23N3OS/c22-18-15-11-21(10-13-7-9-23-12-13)8-6-16(15)19-17(20-18)14-4-2-1-3-5-14/h7,9,12,14H,1-6,8,10-11H2,(H,19,20,22). The molecule has 4 nitrogen and oxygen atoms in total. The molecule has 0 atom stereocenters. The fourth-order valence-corrected chi connectivity index (χ4v) is 4.51. The average Bonchev–Trinajstić information content (AvgIpc) is 3.09. The highest BCUT2D eigenvalue weighted by molar-refractivity contribution is 7.07. The van der Waals surface area contributed by atoms with E-state index in [9.17, 15) is 4.79 Å². The van der Waals surface area contributed by atoms with Gasteiger partial charge in [0.1, 0.15) is 5.82 Å². The van der Waals surface area contributed by atoms with E-state index in [-0.39, 0.29) is 5.56 Å². The highest BCUT2D eigenvalue weighted by Gasteiger charge is 2.24. The molecule has 4 rings (SSSR count). The molecule has 23 heavy (non-hydrogen) atoms. The molecule has 0 radical (unpaired) electrons. The van der Waals surface area contributed by atoms with Gasteiger partial charge in [0.05, 0.1) is 11.3 Å². The Morgan fingerprint density at radius 3 is 2.96 bits per heavy atom. The summed E-state index contributed by atoms with van der Waals surface area (Å²) in [6.45, 7) is 2.63. The molecule has 0 spiro atoms. The summed E-state index contributed by atoms with van der Waals surface area (Å²) in [5.41, 5.74) is 3.34. The van der Waals surface area contributed by atoms with Crippen LogP contribution < -0.4 is 5.56 Å². The molecule has 0 amide bonds. The fraction of sp³-hybridized carbons (Fsp3) is 0.556. The van der Waals surface area contributed by atoms with Gasteiger partial charge >= 0.3 is 0 Å². The van der Waals surface area contributed by atoms with Crippen LogP contribution >= 0.6 is 11.3 Å². The first-order valence-corrected chi connectivity index (χ1v) is 9.59. The zero-order valence-electron chi connectivity index (χ0n) is 13.4. The van der Waals surface area contributed by atoms with Crippen molar-refractivity contribution in [1.82, 2.24) is 14.9 Å². The number of nitrogens with zero attached hydrogens (tertiary/aromatic N) is 2. The molecule has 1 N–H and O–H groups in total. The lowest BCUT2D eigenvalue weighted by molar-refractivity contribution is 0.241. The Kier molecular flexibility index (Phi) is 4.31. The summed E-state index contributed by atoms with van der Waals surface area (Å²) in [7, 11) is 0. The summed E-state index contributed by atoms with van der Waals surface area (Å²) in [4.78, 5) is 22.8. The number of aromatic nitrogens is 2. The number of nitrogens with one attached hydrogen (secondary N) is 1. The Morgan fingerprint density at radius 2 is 2.17 bits per heavy atom. The van der Waals surface area contributed by atoms with Gasteiger partial charge in [0.15, 0.2) is 0 Å². The van der Waals surface area contributed by atoms with Crippen LogP contribution in [0.25, 0.3) is 0 Å². The molecule has 1 aliphatic heterocycles. The summed E-state index contributed by atoms with van der Waals surface area (Å²) in [5, 5.41) is 4.29. The van der Waals surface area contributed by atoms with E-state index in [1.165, 1.54) is 37.7 Å². The van der Waals surface area contributed by atoms with Crippen molar-refractivity contribution < 1.29 is 0 Å². The third-order valence-corrected chi connectivity index (χ3v) is 5.88. The van der Waals surface area contributed by atoms with Crippen LogP contribution in [0.15, 0.2) is 21.6 Å². The first-order chi connectivity index (χ1) is 11.3. The number of H-pyrrole nitrogens is 1. The second-order valence-electron chi connectivity index (χ2n) is 6.80. The fourth-order valence-electron chi connectivity index (χ4n) is 3.85. The van der Waals surface area contributed by atoms with Gasteiger partial charge in [-0.05, 0) is 35.2 Å². The lowest BCUT2D eigenvalue weighted by atomic mass is 9.88. The molecule has 0 unspecified atom stereocenters. The van der Waals surface area contributed by atoms with E-state index in [1.807, 2.05) is 0 Å². The Balaban J connectivity index is 1.54. The second kappa shape index (κ2) is 6.57. The monoisotopic (exact) mass is 329 g/mol.